The van der Waals surface area contributed by atoms with Gasteiger partial charge < -0.3 is 10.4 Å². The van der Waals surface area contributed by atoms with Gasteiger partial charge in [0.2, 0.25) is 0 Å². The number of hydrogen-bond donors (Lipinski definition) is 2. The van der Waals surface area contributed by atoms with E-state index in [4.69, 9.17) is 0 Å². The van der Waals surface area contributed by atoms with Crippen LogP contribution in [0.1, 0.15) is 24.8 Å². The first-order chi connectivity index (χ1) is 7.09. The number of anilines is 1. The van der Waals surface area contributed by atoms with E-state index in [0.29, 0.717) is 6.54 Å². The summed E-state index contributed by atoms with van der Waals surface area (Å²) in [7, 11) is 0. The van der Waals surface area contributed by atoms with Gasteiger partial charge in [0.15, 0.2) is 0 Å². The van der Waals surface area contributed by atoms with Crippen LogP contribution in [0.25, 0.3) is 0 Å². The number of nitrogens with one attached hydrogen (secondary N) is 1. The molecule has 82 valence electrons. The standard InChI is InChI=1S/C12H16BrNO/c1-9-7-10(13)3-4-11(9)14-8-12(15)5-2-6-12/h3-4,7,14-15H,2,5-6,8H2,1H3. The number of aryl methyl sites for hydroxylation is 1. The lowest BCUT2D eigenvalue weighted by molar-refractivity contribution is -0.0202. The second kappa shape index (κ2) is 4.14. The van der Waals surface area contributed by atoms with Gasteiger partial charge in [-0.1, -0.05) is 15.9 Å². The zero-order chi connectivity index (χ0) is 10.9. The Morgan fingerprint density at radius 2 is 2.20 bits per heavy atom. The molecule has 1 aliphatic rings. The molecule has 0 spiro atoms. The summed E-state index contributed by atoms with van der Waals surface area (Å²) >= 11 is 3.43. The zero-order valence-electron chi connectivity index (χ0n) is 8.89. The summed E-state index contributed by atoms with van der Waals surface area (Å²) < 4.78 is 1.09. The first-order valence-corrected chi connectivity index (χ1v) is 6.11. The lowest BCUT2D eigenvalue weighted by Crippen LogP contribution is -2.43. The summed E-state index contributed by atoms with van der Waals surface area (Å²) in [4.78, 5) is 0. The second-order valence-corrected chi connectivity index (χ2v) is 5.31. The maximum absolute atomic E-state index is 9.95. The highest BCUT2D eigenvalue weighted by molar-refractivity contribution is 9.10. The van der Waals surface area contributed by atoms with E-state index in [9.17, 15) is 5.11 Å². The third-order valence-electron chi connectivity index (χ3n) is 3.08. The van der Waals surface area contributed by atoms with Crippen LogP contribution in [0.5, 0.6) is 0 Å². The van der Waals surface area contributed by atoms with E-state index in [-0.39, 0.29) is 0 Å². The van der Waals surface area contributed by atoms with Crippen molar-refractivity contribution < 1.29 is 5.11 Å². The van der Waals surface area contributed by atoms with E-state index in [1.54, 1.807) is 0 Å². The Balaban J connectivity index is 1.98. The minimum Gasteiger partial charge on any atom is -0.388 e. The number of rotatable bonds is 3. The molecule has 0 atom stereocenters. The molecule has 0 heterocycles. The smallest absolute Gasteiger partial charge is 0.0819 e. The summed E-state index contributed by atoms with van der Waals surface area (Å²) in [5.74, 6) is 0. The van der Waals surface area contributed by atoms with Crippen LogP contribution in [-0.2, 0) is 0 Å². The summed E-state index contributed by atoms with van der Waals surface area (Å²) in [6.07, 6.45) is 3.00. The highest BCUT2D eigenvalue weighted by Gasteiger charge is 2.33. The molecule has 0 aromatic heterocycles. The van der Waals surface area contributed by atoms with E-state index >= 15 is 0 Å². The van der Waals surface area contributed by atoms with Gasteiger partial charge in [0.05, 0.1) is 5.60 Å². The van der Waals surface area contributed by atoms with Gasteiger partial charge in [-0.2, -0.15) is 0 Å². The Morgan fingerprint density at radius 3 is 2.73 bits per heavy atom. The maximum atomic E-state index is 9.95. The molecule has 0 aliphatic heterocycles. The third-order valence-corrected chi connectivity index (χ3v) is 3.57. The average molecular weight is 270 g/mol. The molecule has 1 aromatic rings. The quantitative estimate of drug-likeness (QED) is 0.884. The zero-order valence-corrected chi connectivity index (χ0v) is 10.5. The second-order valence-electron chi connectivity index (χ2n) is 4.39. The molecule has 1 saturated carbocycles. The van der Waals surface area contributed by atoms with Crippen molar-refractivity contribution in [3.05, 3.63) is 28.2 Å². The Labute approximate surface area is 98.8 Å². The van der Waals surface area contributed by atoms with Gasteiger partial charge in [-0.25, -0.2) is 0 Å². The van der Waals surface area contributed by atoms with Gasteiger partial charge in [-0.05, 0) is 49.9 Å². The molecule has 15 heavy (non-hydrogen) atoms. The molecule has 1 aromatic carbocycles. The molecule has 0 amide bonds. The van der Waals surface area contributed by atoms with Crippen molar-refractivity contribution in [1.82, 2.24) is 0 Å². The van der Waals surface area contributed by atoms with Gasteiger partial charge in [-0.3, -0.25) is 0 Å². The van der Waals surface area contributed by atoms with Crippen LogP contribution in [0.4, 0.5) is 5.69 Å². The van der Waals surface area contributed by atoms with Crippen molar-refractivity contribution in [3.8, 4) is 0 Å². The van der Waals surface area contributed by atoms with Crippen molar-refractivity contribution in [2.24, 2.45) is 0 Å². The van der Waals surface area contributed by atoms with Crippen LogP contribution in [0.15, 0.2) is 22.7 Å². The van der Waals surface area contributed by atoms with Crippen molar-refractivity contribution >= 4 is 21.6 Å². The molecule has 0 bridgehead atoms. The maximum Gasteiger partial charge on any atom is 0.0819 e. The summed E-state index contributed by atoms with van der Waals surface area (Å²) in [6.45, 7) is 2.73. The lowest BCUT2D eigenvalue weighted by atomic mass is 9.80. The van der Waals surface area contributed by atoms with Crippen LogP contribution in [-0.4, -0.2) is 17.3 Å². The summed E-state index contributed by atoms with van der Waals surface area (Å²) in [6, 6.07) is 6.13. The van der Waals surface area contributed by atoms with E-state index in [1.807, 2.05) is 12.1 Å². The van der Waals surface area contributed by atoms with Crippen LogP contribution in [0.2, 0.25) is 0 Å². The molecule has 0 saturated heterocycles. The minimum absolute atomic E-state index is 0.459. The number of benzene rings is 1. The van der Waals surface area contributed by atoms with Crippen molar-refractivity contribution in [2.45, 2.75) is 31.8 Å². The lowest BCUT2D eigenvalue weighted by Gasteiger charge is -2.37. The first kappa shape index (κ1) is 11.0. The highest BCUT2D eigenvalue weighted by Crippen LogP contribution is 2.32. The molecular formula is C12H16BrNO. The van der Waals surface area contributed by atoms with Gasteiger partial charge in [0.1, 0.15) is 0 Å². The minimum atomic E-state index is -0.459. The van der Waals surface area contributed by atoms with Crippen LogP contribution >= 0.6 is 15.9 Å². The fraction of sp³-hybridized carbons (Fsp3) is 0.500. The molecule has 0 unspecified atom stereocenters. The normalized spacial score (nSPS) is 18.3. The molecule has 0 radical (unpaired) electrons. The predicted octanol–water partition coefficient (Wildman–Crippen LogP) is 3.08. The average Bonchev–Trinajstić information content (AvgIpc) is 2.14. The monoisotopic (exact) mass is 269 g/mol. The van der Waals surface area contributed by atoms with Crippen molar-refractivity contribution in [2.75, 3.05) is 11.9 Å². The Morgan fingerprint density at radius 1 is 1.47 bits per heavy atom. The largest absolute Gasteiger partial charge is 0.388 e. The Kier molecular flexibility index (Phi) is 3.03. The SMILES string of the molecule is Cc1cc(Br)ccc1NCC1(O)CCC1. The van der Waals surface area contributed by atoms with Gasteiger partial charge in [-0.15, -0.1) is 0 Å². The van der Waals surface area contributed by atoms with Crippen LogP contribution < -0.4 is 5.32 Å². The van der Waals surface area contributed by atoms with Gasteiger partial charge in [0, 0.05) is 16.7 Å². The van der Waals surface area contributed by atoms with Crippen molar-refractivity contribution in [1.29, 1.82) is 0 Å². The molecule has 2 N–H and O–H groups in total. The number of hydrogen-bond acceptors (Lipinski definition) is 2. The van der Waals surface area contributed by atoms with E-state index in [2.05, 4.69) is 34.2 Å². The molecule has 2 nitrogen and oxygen atoms in total. The third kappa shape index (κ3) is 2.52. The van der Waals surface area contributed by atoms with E-state index in [0.717, 1.165) is 29.4 Å². The summed E-state index contributed by atoms with van der Waals surface area (Å²) in [5.41, 5.74) is 1.85. The van der Waals surface area contributed by atoms with Gasteiger partial charge >= 0.3 is 0 Å². The fourth-order valence-electron chi connectivity index (χ4n) is 1.85. The summed E-state index contributed by atoms with van der Waals surface area (Å²) in [5, 5.41) is 13.3. The Bertz CT molecular complexity index is 361. The predicted molar refractivity (Wildman–Crippen MR) is 66.2 cm³/mol. The molecular weight excluding hydrogens is 254 g/mol. The fourth-order valence-corrected chi connectivity index (χ4v) is 2.32. The van der Waals surface area contributed by atoms with Crippen LogP contribution in [0.3, 0.4) is 0 Å². The highest BCUT2D eigenvalue weighted by atomic mass is 79.9. The molecule has 1 aliphatic carbocycles. The van der Waals surface area contributed by atoms with Crippen LogP contribution in [0, 0.1) is 6.92 Å². The molecule has 1 fully saturated rings. The Hall–Kier alpha value is -0.540. The number of halogens is 1. The van der Waals surface area contributed by atoms with Gasteiger partial charge in [0.25, 0.3) is 0 Å². The number of aliphatic hydroxyl groups is 1. The van der Waals surface area contributed by atoms with E-state index < -0.39 is 5.60 Å². The topological polar surface area (TPSA) is 32.3 Å². The first-order valence-electron chi connectivity index (χ1n) is 5.31. The van der Waals surface area contributed by atoms with E-state index in [1.165, 1.54) is 5.56 Å². The molecule has 2 rings (SSSR count). The molecule has 3 heteroatoms. The van der Waals surface area contributed by atoms with Crippen molar-refractivity contribution in [3.63, 3.8) is 0 Å².